The zero-order chi connectivity index (χ0) is 25.2. The number of nitrogens with one attached hydrogen (secondary N) is 1. The summed E-state index contributed by atoms with van der Waals surface area (Å²) in [5.41, 5.74) is 2.42. The molecule has 2 aromatic heterocycles. The van der Waals surface area contributed by atoms with Gasteiger partial charge in [0.1, 0.15) is 11.4 Å². The smallest absolute Gasteiger partial charge is 0.349 e. The van der Waals surface area contributed by atoms with E-state index >= 15 is 0 Å². The number of hydrogen-bond acceptors (Lipinski definition) is 6. The first kappa shape index (κ1) is 25.0. The molecule has 8 heteroatoms. The first-order chi connectivity index (χ1) is 16.6. The van der Waals surface area contributed by atoms with Crippen LogP contribution < -0.4 is 4.74 Å². The van der Waals surface area contributed by atoms with E-state index in [4.69, 9.17) is 9.47 Å². The summed E-state index contributed by atoms with van der Waals surface area (Å²) in [6, 6.07) is 10.9. The van der Waals surface area contributed by atoms with Crippen LogP contribution in [0.25, 0.3) is 16.6 Å². The summed E-state index contributed by atoms with van der Waals surface area (Å²) in [6.07, 6.45) is 9.80. The lowest BCUT2D eigenvalue weighted by molar-refractivity contribution is -0.158. The number of fused-ring (bicyclic) bond motifs is 1. The maximum absolute atomic E-state index is 12.2. The summed E-state index contributed by atoms with van der Waals surface area (Å²) in [6.45, 7) is 5.38. The minimum Gasteiger partial charge on any atom is -0.475 e. The Bertz CT molecular complexity index is 1350. The van der Waals surface area contributed by atoms with E-state index in [-0.39, 0.29) is 6.61 Å². The Labute approximate surface area is 206 Å². The zero-order valence-corrected chi connectivity index (χ0v) is 21.4. The molecule has 1 N–H and O–H groups in total. The van der Waals surface area contributed by atoms with Gasteiger partial charge in [-0.15, -0.1) is 0 Å². The van der Waals surface area contributed by atoms with Gasteiger partial charge >= 0.3 is 5.97 Å². The number of carbonyl (C=O) groups is 1. The predicted molar refractivity (Wildman–Crippen MR) is 136 cm³/mol. The number of H-pyrrole nitrogens is 1. The number of benzene rings is 1. The molecule has 1 aliphatic carbocycles. The Kier molecular flexibility index (Phi) is 7.03. The molecule has 0 radical (unpaired) electrons. The van der Waals surface area contributed by atoms with Gasteiger partial charge in [-0.2, -0.15) is 0 Å². The molecule has 35 heavy (non-hydrogen) atoms. The fourth-order valence-corrected chi connectivity index (χ4v) is 5.05. The van der Waals surface area contributed by atoms with E-state index < -0.39 is 21.4 Å². The van der Waals surface area contributed by atoms with Crippen LogP contribution in [-0.4, -0.2) is 42.8 Å². The third-order valence-corrected chi connectivity index (χ3v) is 7.40. The van der Waals surface area contributed by atoms with Crippen molar-refractivity contribution >= 4 is 32.4 Å². The Morgan fingerprint density at radius 3 is 2.49 bits per heavy atom. The van der Waals surface area contributed by atoms with Gasteiger partial charge in [-0.05, 0) is 69.4 Å². The predicted octanol–water partition coefficient (Wildman–Crippen LogP) is 5.31. The number of aromatic nitrogens is 2. The number of ether oxygens (including phenoxy) is 2. The topological polar surface area (TPSA) is 98.3 Å². The normalized spacial score (nSPS) is 15.5. The minimum absolute atomic E-state index is 0.283. The largest absolute Gasteiger partial charge is 0.475 e. The Morgan fingerprint density at radius 1 is 1.17 bits per heavy atom. The molecule has 0 spiro atoms. The molecule has 4 rings (SSSR count). The molecule has 0 aliphatic heterocycles. The number of sulfone groups is 1. The number of pyridine rings is 1. The molecule has 0 bridgehead atoms. The Hall–Kier alpha value is -3.13. The quantitative estimate of drug-likeness (QED) is 0.425. The van der Waals surface area contributed by atoms with E-state index in [1.54, 1.807) is 39.1 Å². The van der Waals surface area contributed by atoms with Crippen LogP contribution in [-0.2, 0) is 19.4 Å². The van der Waals surface area contributed by atoms with E-state index in [9.17, 15) is 13.2 Å². The first-order valence-corrected chi connectivity index (χ1v) is 13.8. The summed E-state index contributed by atoms with van der Waals surface area (Å²) in [4.78, 5) is 20.4. The van der Waals surface area contributed by atoms with Crippen molar-refractivity contribution in [3.05, 3.63) is 59.9 Å². The monoisotopic (exact) mass is 496 g/mol. The SMILES string of the molecule is CCOC(=O)C(C)(C)Oc1cnc2[nH]c(/C(=C/C3CCCC3)c3ccc(S(C)(=O)=O)cc3)cc2c1. The third-order valence-electron chi connectivity index (χ3n) is 6.27. The Balaban J connectivity index is 1.69. The molecule has 1 saturated carbocycles. The van der Waals surface area contributed by atoms with Gasteiger partial charge in [-0.3, -0.25) is 0 Å². The molecule has 2 heterocycles. The number of rotatable bonds is 8. The van der Waals surface area contributed by atoms with Crippen LogP contribution in [0.1, 0.15) is 57.7 Å². The second kappa shape index (κ2) is 9.85. The van der Waals surface area contributed by atoms with Gasteiger partial charge in [-0.25, -0.2) is 18.2 Å². The number of allylic oxidation sites excluding steroid dienone is 1. The van der Waals surface area contributed by atoms with Gasteiger partial charge in [0, 0.05) is 22.9 Å². The number of esters is 1. The summed E-state index contributed by atoms with van der Waals surface area (Å²) >= 11 is 0. The van der Waals surface area contributed by atoms with Gasteiger partial charge in [0.15, 0.2) is 15.4 Å². The van der Waals surface area contributed by atoms with Crippen molar-refractivity contribution in [1.29, 1.82) is 0 Å². The third kappa shape index (κ3) is 5.75. The molecule has 1 aliphatic rings. The molecule has 1 fully saturated rings. The van der Waals surface area contributed by atoms with Crippen molar-refractivity contribution in [2.75, 3.05) is 12.9 Å². The van der Waals surface area contributed by atoms with Gasteiger partial charge in [0.25, 0.3) is 0 Å². The second-order valence-corrected chi connectivity index (χ2v) is 11.6. The highest BCUT2D eigenvalue weighted by molar-refractivity contribution is 7.90. The van der Waals surface area contributed by atoms with Crippen molar-refractivity contribution in [3.63, 3.8) is 0 Å². The minimum atomic E-state index is -3.27. The maximum atomic E-state index is 12.2. The van der Waals surface area contributed by atoms with Crippen LogP contribution >= 0.6 is 0 Å². The lowest BCUT2D eigenvalue weighted by Crippen LogP contribution is -2.39. The number of carbonyl (C=O) groups excluding carboxylic acids is 1. The first-order valence-electron chi connectivity index (χ1n) is 11.9. The summed E-state index contributed by atoms with van der Waals surface area (Å²) in [5.74, 6) is 0.511. The van der Waals surface area contributed by atoms with Crippen LogP contribution in [0.3, 0.4) is 0 Å². The summed E-state index contributed by atoms with van der Waals surface area (Å²) < 4.78 is 34.9. The summed E-state index contributed by atoms with van der Waals surface area (Å²) in [7, 11) is -3.27. The molecular formula is C27H32N2O5S. The van der Waals surface area contributed by atoms with E-state index in [2.05, 4.69) is 16.0 Å². The average Bonchev–Trinajstić information content (AvgIpc) is 3.46. The molecular weight excluding hydrogens is 464 g/mol. The van der Waals surface area contributed by atoms with E-state index in [0.717, 1.165) is 35.1 Å². The standard InChI is InChI=1S/C27H32N2O5S/c1-5-33-26(30)27(2,3)34-21-15-20-16-24(29-25(20)28-17-21)23(14-18-8-6-7-9-18)19-10-12-22(13-11-19)35(4,31)32/h10-18H,5-9H2,1-4H3,(H,28,29)/b23-14+. The van der Waals surface area contributed by atoms with E-state index in [1.807, 2.05) is 24.3 Å². The number of nitrogens with zero attached hydrogens (tertiary/aromatic N) is 1. The number of hydrogen-bond donors (Lipinski definition) is 1. The number of aromatic amines is 1. The molecule has 3 aromatic rings. The molecule has 0 atom stereocenters. The fourth-order valence-electron chi connectivity index (χ4n) is 4.42. The van der Waals surface area contributed by atoms with Crippen molar-refractivity contribution in [3.8, 4) is 5.75 Å². The van der Waals surface area contributed by atoms with Crippen LogP contribution in [0.5, 0.6) is 5.75 Å². The van der Waals surface area contributed by atoms with E-state index in [0.29, 0.717) is 22.2 Å². The van der Waals surface area contributed by atoms with Crippen LogP contribution in [0.15, 0.2) is 53.6 Å². The lowest BCUT2D eigenvalue weighted by atomic mass is 9.96. The van der Waals surface area contributed by atoms with Gasteiger partial charge in [0.05, 0.1) is 17.7 Å². The molecule has 186 valence electrons. The van der Waals surface area contributed by atoms with Crippen LogP contribution in [0.4, 0.5) is 0 Å². The van der Waals surface area contributed by atoms with Crippen molar-refractivity contribution < 1.29 is 22.7 Å². The maximum Gasteiger partial charge on any atom is 0.349 e. The molecule has 0 unspecified atom stereocenters. The average molecular weight is 497 g/mol. The Morgan fingerprint density at radius 2 is 1.86 bits per heavy atom. The highest BCUT2D eigenvalue weighted by atomic mass is 32.2. The van der Waals surface area contributed by atoms with Crippen LogP contribution in [0, 0.1) is 5.92 Å². The lowest BCUT2D eigenvalue weighted by Gasteiger charge is -2.23. The molecule has 7 nitrogen and oxygen atoms in total. The van der Waals surface area contributed by atoms with Gasteiger partial charge in [-0.1, -0.05) is 31.1 Å². The van der Waals surface area contributed by atoms with Crippen molar-refractivity contribution in [2.24, 2.45) is 5.92 Å². The van der Waals surface area contributed by atoms with Crippen molar-refractivity contribution in [2.45, 2.75) is 57.0 Å². The van der Waals surface area contributed by atoms with E-state index in [1.165, 1.54) is 19.1 Å². The van der Waals surface area contributed by atoms with Crippen LogP contribution in [0.2, 0.25) is 0 Å². The molecule has 1 aromatic carbocycles. The fraction of sp³-hybridized carbons (Fsp3) is 0.407. The van der Waals surface area contributed by atoms with Gasteiger partial charge in [0.2, 0.25) is 0 Å². The highest BCUT2D eigenvalue weighted by Gasteiger charge is 2.31. The zero-order valence-electron chi connectivity index (χ0n) is 20.6. The molecule has 0 saturated heterocycles. The second-order valence-electron chi connectivity index (χ2n) is 9.55. The summed E-state index contributed by atoms with van der Waals surface area (Å²) in [5, 5.41) is 0.849. The highest BCUT2D eigenvalue weighted by Crippen LogP contribution is 2.34. The molecule has 0 amide bonds. The van der Waals surface area contributed by atoms with Gasteiger partial charge < -0.3 is 14.5 Å². The van der Waals surface area contributed by atoms with Crippen molar-refractivity contribution in [1.82, 2.24) is 9.97 Å².